The van der Waals surface area contributed by atoms with E-state index in [1.165, 1.54) is 17.4 Å². The van der Waals surface area contributed by atoms with Gasteiger partial charge in [-0.3, -0.25) is 10.1 Å². The van der Waals surface area contributed by atoms with E-state index in [1.807, 2.05) is 6.92 Å². The highest BCUT2D eigenvalue weighted by Gasteiger charge is 2.20. The maximum atomic E-state index is 13.7. The zero-order chi connectivity index (χ0) is 16.9. The van der Waals surface area contributed by atoms with Gasteiger partial charge in [-0.25, -0.2) is 4.39 Å². The van der Waals surface area contributed by atoms with Gasteiger partial charge < -0.3 is 4.74 Å². The fourth-order valence-electron chi connectivity index (χ4n) is 2.58. The number of anilines is 1. The lowest BCUT2D eigenvalue weighted by Gasteiger charge is -2.19. The van der Waals surface area contributed by atoms with E-state index >= 15 is 0 Å². The lowest BCUT2D eigenvalue weighted by molar-refractivity contribution is -0.113. The number of carbonyl (C=O) groups is 1. The third kappa shape index (κ3) is 3.79. The van der Waals surface area contributed by atoms with Gasteiger partial charge >= 0.3 is 0 Å². The van der Waals surface area contributed by atoms with Crippen LogP contribution in [0.3, 0.4) is 0 Å². The summed E-state index contributed by atoms with van der Waals surface area (Å²) in [5.74, 6) is 0.283. The fraction of sp³-hybridized carbons (Fsp3) is 0.353. The molecule has 0 fully saturated rings. The molecular formula is C17H18FN3O2S. The predicted molar refractivity (Wildman–Crippen MR) is 90.2 cm³/mol. The number of hydrogen-bond acceptors (Lipinski definition) is 5. The Labute approximate surface area is 143 Å². The van der Waals surface area contributed by atoms with Gasteiger partial charge in [-0.1, -0.05) is 36.5 Å². The molecule has 1 aromatic heterocycles. The van der Waals surface area contributed by atoms with Crippen LogP contribution in [0.5, 0.6) is 0 Å². The number of hydrogen-bond donors (Lipinski definition) is 1. The Hall–Kier alpha value is -2.28. The second kappa shape index (κ2) is 7.53. The highest BCUT2D eigenvalue weighted by molar-refractivity contribution is 7.15. The van der Waals surface area contributed by atoms with Gasteiger partial charge in [-0.2, -0.15) is 0 Å². The summed E-state index contributed by atoms with van der Waals surface area (Å²) >= 11 is 1.25. The summed E-state index contributed by atoms with van der Waals surface area (Å²) < 4.78 is 19.2. The fourth-order valence-corrected chi connectivity index (χ4v) is 3.34. The number of nitrogens with one attached hydrogen (secondary N) is 1. The molecule has 7 heteroatoms. The van der Waals surface area contributed by atoms with Crippen LogP contribution in [0, 0.1) is 5.82 Å². The maximum absolute atomic E-state index is 13.7. The summed E-state index contributed by atoms with van der Waals surface area (Å²) in [5, 5.41) is 11.8. The van der Waals surface area contributed by atoms with E-state index in [2.05, 4.69) is 15.5 Å². The molecule has 0 saturated heterocycles. The molecule has 0 bridgehead atoms. The Bertz CT molecular complexity index is 773. The van der Waals surface area contributed by atoms with Crippen molar-refractivity contribution in [2.75, 3.05) is 11.9 Å². The Morgan fingerprint density at radius 1 is 1.38 bits per heavy atom. The molecule has 24 heavy (non-hydrogen) atoms. The highest BCUT2D eigenvalue weighted by atomic mass is 32.1. The van der Waals surface area contributed by atoms with Crippen molar-refractivity contribution in [1.29, 1.82) is 0 Å². The van der Waals surface area contributed by atoms with Crippen LogP contribution >= 0.6 is 11.3 Å². The predicted octanol–water partition coefficient (Wildman–Crippen LogP) is 3.68. The average Bonchev–Trinajstić information content (AvgIpc) is 3.04. The second-order valence-corrected chi connectivity index (χ2v) is 6.49. The topological polar surface area (TPSA) is 64.1 Å². The number of nitrogens with zero attached hydrogens (tertiary/aromatic N) is 2. The Balaban J connectivity index is 1.69. The number of halogens is 1. The van der Waals surface area contributed by atoms with Crippen molar-refractivity contribution < 1.29 is 13.9 Å². The molecule has 0 saturated carbocycles. The summed E-state index contributed by atoms with van der Waals surface area (Å²) in [6, 6.07) is 6.56. The minimum Gasteiger partial charge on any atom is -0.497 e. The second-order valence-electron chi connectivity index (χ2n) is 5.43. The van der Waals surface area contributed by atoms with E-state index < -0.39 is 0 Å². The van der Waals surface area contributed by atoms with E-state index in [-0.39, 0.29) is 11.7 Å². The van der Waals surface area contributed by atoms with Crippen LogP contribution in [0.1, 0.15) is 36.8 Å². The molecule has 5 nitrogen and oxygen atoms in total. The number of aromatic nitrogens is 2. The molecule has 1 aliphatic heterocycles. The van der Waals surface area contributed by atoms with Crippen molar-refractivity contribution in [2.24, 2.45) is 0 Å². The van der Waals surface area contributed by atoms with Crippen molar-refractivity contribution in [1.82, 2.24) is 10.2 Å². The molecular weight excluding hydrogens is 329 g/mol. The largest absolute Gasteiger partial charge is 0.497 e. The van der Waals surface area contributed by atoms with Gasteiger partial charge in [0.25, 0.3) is 5.91 Å². The third-order valence-electron chi connectivity index (χ3n) is 3.77. The van der Waals surface area contributed by atoms with Crippen molar-refractivity contribution in [2.45, 2.75) is 32.6 Å². The van der Waals surface area contributed by atoms with Gasteiger partial charge in [0.15, 0.2) is 0 Å². The summed E-state index contributed by atoms with van der Waals surface area (Å²) in [6.45, 7) is 2.62. The zero-order valence-electron chi connectivity index (χ0n) is 13.3. The third-order valence-corrected chi connectivity index (χ3v) is 4.60. The Morgan fingerprint density at radius 3 is 3.00 bits per heavy atom. The molecule has 1 amide bonds. The zero-order valence-corrected chi connectivity index (χ0v) is 14.2. The van der Waals surface area contributed by atoms with Crippen LogP contribution in [0.15, 0.2) is 35.6 Å². The van der Waals surface area contributed by atoms with Crippen LogP contribution in [-0.4, -0.2) is 22.7 Å². The lowest BCUT2D eigenvalue weighted by Crippen LogP contribution is -2.20. The first-order valence-corrected chi connectivity index (χ1v) is 8.71. The molecule has 1 N–H and O–H groups in total. The van der Waals surface area contributed by atoms with Crippen LogP contribution in [-0.2, 0) is 16.0 Å². The van der Waals surface area contributed by atoms with Crippen LogP contribution in [0.2, 0.25) is 0 Å². The Morgan fingerprint density at radius 2 is 2.21 bits per heavy atom. The van der Waals surface area contributed by atoms with E-state index in [0.717, 1.165) is 12.2 Å². The highest BCUT2D eigenvalue weighted by Crippen LogP contribution is 2.25. The molecule has 126 valence electrons. The van der Waals surface area contributed by atoms with Crippen molar-refractivity contribution >= 4 is 22.4 Å². The van der Waals surface area contributed by atoms with Crippen LogP contribution in [0.25, 0.3) is 0 Å². The van der Waals surface area contributed by atoms with Gasteiger partial charge in [0.1, 0.15) is 16.6 Å². The summed E-state index contributed by atoms with van der Waals surface area (Å²) in [4.78, 5) is 12.4. The normalized spacial score (nSPS) is 14.4. The van der Waals surface area contributed by atoms with Crippen molar-refractivity contribution in [3.05, 3.63) is 52.0 Å². The van der Waals surface area contributed by atoms with Gasteiger partial charge in [0.2, 0.25) is 5.13 Å². The van der Waals surface area contributed by atoms with Gasteiger partial charge in [0, 0.05) is 12.8 Å². The molecule has 0 radical (unpaired) electrons. The first kappa shape index (κ1) is 16.6. The maximum Gasteiger partial charge on any atom is 0.256 e. The molecule has 2 aromatic rings. The van der Waals surface area contributed by atoms with Crippen LogP contribution < -0.4 is 5.32 Å². The first-order valence-electron chi connectivity index (χ1n) is 7.89. The number of allylic oxidation sites excluding steroid dienone is 1. The van der Waals surface area contributed by atoms with Gasteiger partial charge in [-0.15, -0.1) is 10.2 Å². The van der Waals surface area contributed by atoms with Crippen molar-refractivity contribution in [3.8, 4) is 0 Å². The van der Waals surface area contributed by atoms with Crippen LogP contribution in [0.4, 0.5) is 9.52 Å². The molecule has 0 aliphatic carbocycles. The monoisotopic (exact) mass is 347 g/mol. The average molecular weight is 347 g/mol. The number of amides is 1. The van der Waals surface area contributed by atoms with Gasteiger partial charge in [-0.05, 0) is 24.5 Å². The summed E-state index contributed by atoms with van der Waals surface area (Å²) in [6.07, 6.45) is 2.58. The molecule has 3 rings (SSSR count). The molecule has 0 unspecified atom stereocenters. The van der Waals surface area contributed by atoms with Gasteiger partial charge in [0.05, 0.1) is 12.2 Å². The molecule has 2 heterocycles. The van der Waals surface area contributed by atoms with E-state index in [1.54, 1.807) is 18.2 Å². The lowest BCUT2D eigenvalue weighted by atomic mass is 10.0. The van der Waals surface area contributed by atoms with E-state index in [9.17, 15) is 9.18 Å². The molecule has 0 spiro atoms. The summed E-state index contributed by atoms with van der Waals surface area (Å²) in [7, 11) is 0. The Kier molecular flexibility index (Phi) is 5.20. The minimum atomic E-state index is -0.268. The smallest absolute Gasteiger partial charge is 0.256 e. The first-order chi connectivity index (χ1) is 11.7. The quantitative estimate of drug-likeness (QED) is 0.896. The SMILES string of the molecule is CCC1=C(C(=O)Nc2nnc(Cc3ccccc3F)s2)CCCO1. The van der Waals surface area contributed by atoms with E-state index in [4.69, 9.17) is 4.74 Å². The number of rotatable bonds is 5. The van der Waals surface area contributed by atoms with E-state index in [0.29, 0.717) is 47.1 Å². The van der Waals surface area contributed by atoms with Crippen molar-refractivity contribution in [3.63, 3.8) is 0 Å². The molecule has 1 aliphatic rings. The molecule has 0 atom stereocenters. The summed E-state index contributed by atoms with van der Waals surface area (Å²) in [5.41, 5.74) is 1.23. The number of ether oxygens (including phenoxy) is 1. The standard InChI is InChI=1S/C17H18FN3O2S/c1-2-14-12(7-5-9-23-14)16(22)19-17-21-20-15(24-17)10-11-6-3-4-8-13(11)18/h3-4,6,8H,2,5,7,9-10H2,1H3,(H,19,21,22). The number of carbonyl (C=O) groups excluding carboxylic acids is 1. The number of benzene rings is 1. The molecule has 1 aromatic carbocycles. The minimum absolute atomic E-state index is 0.194.